The van der Waals surface area contributed by atoms with Crippen LogP contribution in [0.25, 0.3) is 0 Å². The molecule has 5 heteroatoms. The zero-order valence-electron chi connectivity index (χ0n) is 11.7. The first-order chi connectivity index (χ1) is 9.19. The lowest BCUT2D eigenvalue weighted by Crippen LogP contribution is -2.31. The topological polar surface area (TPSA) is 66.9 Å². The third kappa shape index (κ3) is 3.66. The Balaban J connectivity index is 1.91. The van der Waals surface area contributed by atoms with Gasteiger partial charge < -0.3 is 10.6 Å². The van der Waals surface area contributed by atoms with Crippen molar-refractivity contribution in [1.29, 1.82) is 0 Å². The molecule has 1 aliphatic carbocycles. The summed E-state index contributed by atoms with van der Waals surface area (Å²) in [5, 5.41) is 6.04. The normalized spacial score (nSPS) is 15.9. The molecule has 0 aromatic carbocycles. The summed E-state index contributed by atoms with van der Waals surface area (Å²) in [6.07, 6.45) is 7.95. The SMILES string of the molecule is CCCC1(CNC(=O)c2cncc(NCC)n2)CC1. The molecule has 1 heterocycles. The summed E-state index contributed by atoms with van der Waals surface area (Å²) in [6, 6.07) is 0. The van der Waals surface area contributed by atoms with Crippen molar-refractivity contribution in [3.63, 3.8) is 0 Å². The van der Waals surface area contributed by atoms with Crippen LogP contribution in [0.2, 0.25) is 0 Å². The molecule has 104 valence electrons. The van der Waals surface area contributed by atoms with Gasteiger partial charge in [0.25, 0.3) is 5.91 Å². The van der Waals surface area contributed by atoms with E-state index in [-0.39, 0.29) is 5.91 Å². The van der Waals surface area contributed by atoms with Gasteiger partial charge in [0.2, 0.25) is 0 Å². The van der Waals surface area contributed by atoms with Crippen molar-refractivity contribution in [2.45, 2.75) is 39.5 Å². The van der Waals surface area contributed by atoms with E-state index in [2.05, 4.69) is 27.5 Å². The number of anilines is 1. The van der Waals surface area contributed by atoms with Crippen molar-refractivity contribution in [1.82, 2.24) is 15.3 Å². The van der Waals surface area contributed by atoms with Crippen molar-refractivity contribution < 1.29 is 4.79 Å². The van der Waals surface area contributed by atoms with E-state index in [0.29, 0.717) is 16.9 Å². The summed E-state index contributed by atoms with van der Waals surface area (Å²) >= 11 is 0. The number of hydrogen-bond acceptors (Lipinski definition) is 4. The Hall–Kier alpha value is -1.65. The maximum absolute atomic E-state index is 12.0. The minimum absolute atomic E-state index is 0.130. The molecular weight excluding hydrogens is 240 g/mol. The smallest absolute Gasteiger partial charge is 0.271 e. The Labute approximate surface area is 114 Å². The van der Waals surface area contributed by atoms with Gasteiger partial charge in [0, 0.05) is 13.1 Å². The highest BCUT2D eigenvalue weighted by atomic mass is 16.1. The first kappa shape index (κ1) is 13.8. The Morgan fingerprint density at radius 3 is 2.79 bits per heavy atom. The molecular formula is C14H22N4O. The molecule has 0 aliphatic heterocycles. The second kappa shape index (κ2) is 5.99. The highest BCUT2D eigenvalue weighted by Gasteiger charge is 2.41. The first-order valence-corrected chi connectivity index (χ1v) is 7.03. The molecule has 0 atom stereocenters. The van der Waals surface area contributed by atoms with E-state index >= 15 is 0 Å². The molecule has 19 heavy (non-hydrogen) atoms. The largest absolute Gasteiger partial charge is 0.369 e. The van der Waals surface area contributed by atoms with E-state index in [0.717, 1.165) is 13.1 Å². The summed E-state index contributed by atoms with van der Waals surface area (Å²) in [5.74, 6) is 0.513. The number of nitrogens with zero attached hydrogens (tertiary/aromatic N) is 2. The van der Waals surface area contributed by atoms with Gasteiger partial charge in [-0.05, 0) is 31.6 Å². The lowest BCUT2D eigenvalue weighted by molar-refractivity contribution is 0.0938. The van der Waals surface area contributed by atoms with Crippen molar-refractivity contribution in [2.24, 2.45) is 5.41 Å². The number of nitrogens with one attached hydrogen (secondary N) is 2. The third-order valence-electron chi connectivity index (χ3n) is 3.59. The van der Waals surface area contributed by atoms with Gasteiger partial charge in [-0.15, -0.1) is 0 Å². The molecule has 0 unspecified atom stereocenters. The van der Waals surface area contributed by atoms with Gasteiger partial charge in [-0.2, -0.15) is 0 Å². The van der Waals surface area contributed by atoms with Crippen LogP contribution >= 0.6 is 0 Å². The molecule has 2 rings (SSSR count). The van der Waals surface area contributed by atoms with Gasteiger partial charge in [0.1, 0.15) is 11.5 Å². The third-order valence-corrected chi connectivity index (χ3v) is 3.59. The van der Waals surface area contributed by atoms with Crippen LogP contribution in [0.4, 0.5) is 5.82 Å². The fourth-order valence-corrected chi connectivity index (χ4v) is 2.32. The number of hydrogen-bond donors (Lipinski definition) is 2. The van der Waals surface area contributed by atoms with Gasteiger partial charge in [-0.25, -0.2) is 4.98 Å². The highest BCUT2D eigenvalue weighted by Crippen LogP contribution is 2.48. The molecule has 1 aliphatic rings. The quantitative estimate of drug-likeness (QED) is 0.790. The standard InChI is InChI=1S/C14H22N4O/c1-3-5-14(6-7-14)10-17-13(19)11-8-15-9-12(18-11)16-4-2/h8-9H,3-7,10H2,1-2H3,(H,16,18)(H,17,19). The number of aromatic nitrogens is 2. The predicted octanol–water partition coefficient (Wildman–Crippen LogP) is 2.22. The molecule has 1 amide bonds. The Kier molecular flexibility index (Phi) is 4.35. The fraction of sp³-hybridized carbons (Fsp3) is 0.643. The lowest BCUT2D eigenvalue weighted by Gasteiger charge is -2.14. The number of rotatable bonds is 7. The van der Waals surface area contributed by atoms with E-state index in [1.54, 1.807) is 6.20 Å². The fourth-order valence-electron chi connectivity index (χ4n) is 2.32. The van der Waals surface area contributed by atoms with Crippen LogP contribution in [-0.2, 0) is 0 Å². The maximum Gasteiger partial charge on any atom is 0.271 e. The molecule has 5 nitrogen and oxygen atoms in total. The molecule has 0 spiro atoms. The minimum atomic E-state index is -0.130. The lowest BCUT2D eigenvalue weighted by atomic mass is 10.0. The van der Waals surface area contributed by atoms with Gasteiger partial charge in [0.15, 0.2) is 0 Å². The summed E-state index contributed by atoms with van der Waals surface area (Å²) in [4.78, 5) is 20.3. The van der Waals surface area contributed by atoms with Crippen molar-refractivity contribution >= 4 is 11.7 Å². The summed E-state index contributed by atoms with van der Waals surface area (Å²) in [5.41, 5.74) is 0.739. The van der Waals surface area contributed by atoms with Crippen LogP contribution in [0.5, 0.6) is 0 Å². The summed E-state index contributed by atoms with van der Waals surface area (Å²) < 4.78 is 0. The van der Waals surface area contributed by atoms with Crippen LogP contribution < -0.4 is 10.6 Å². The predicted molar refractivity (Wildman–Crippen MR) is 75.1 cm³/mol. The van der Waals surface area contributed by atoms with Crippen LogP contribution in [-0.4, -0.2) is 29.0 Å². The van der Waals surface area contributed by atoms with Crippen molar-refractivity contribution in [3.05, 3.63) is 18.1 Å². The van der Waals surface area contributed by atoms with Crippen molar-refractivity contribution in [3.8, 4) is 0 Å². The molecule has 0 saturated heterocycles. The van der Waals surface area contributed by atoms with E-state index in [9.17, 15) is 4.79 Å². The number of carbonyl (C=O) groups is 1. The molecule has 1 aromatic rings. The average molecular weight is 262 g/mol. The average Bonchev–Trinajstić information content (AvgIpc) is 3.17. The minimum Gasteiger partial charge on any atom is -0.369 e. The zero-order valence-corrected chi connectivity index (χ0v) is 11.7. The van der Waals surface area contributed by atoms with Crippen LogP contribution in [0, 0.1) is 5.41 Å². The second-order valence-electron chi connectivity index (χ2n) is 5.25. The first-order valence-electron chi connectivity index (χ1n) is 7.03. The number of carbonyl (C=O) groups excluding carboxylic acids is 1. The Bertz CT molecular complexity index is 443. The summed E-state index contributed by atoms with van der Waals surface area (Å²) in [7, 11) is 0. The van der Waals surface area contributed by atoms with Gasteiger partial charge in [-0.3, -0.25) is 9.78 Å². The van der Waals surface area contributed by atoms with Crippen LogP contribution in [0.1, 0.15) is 50.0 Å². The Morgan fingerprint density at radius 1 is 1.37 bits per heavy atom. The van der Waals surface area contributed by atoms with Gasteiger partial charge in [-0.1, -0.05) is 13.3 Å². The molecule has 1 saturated carbocycles. The maximum atomic E-state index is 12.0. The molecule has 2 N–H and O–H groups in total. The van der Waals surface area contributed by atoms with Crippen LogP contribution in [0.3, 0.4) is 0 Å². The molecule has 0 radical (unpaired) electrons. The van der Waals surface area contributed by atoms with Gasteiger partial charge >= 0.3 is 0 Å². The Morgan fingerprint density at radius 2 is 2.16 bits per heavy atom. The van der Waals surface area contributed by atoms with Gasteiger partial charge in [0.05, 0.1) is 12.4 Å². The zero-order chi connectivity index (χ0) is 13.7. The molecule has 1 fully saturated rings. The van der Waals surface area contributed by atoms with Crippen molar-refractivity contribution in [2.75, 3.05) is 18.4 Å². The second-order valence-corrected chi connectivity index (χ2v) is 5.25. The molecule has 0 bridgehead atoms. The monoisotopic (exact) mass is 262 g/mol. The summed E-state index contributed by atoms with van der Waals surface area (Å²) in [6.45, 7) is 5.69. The number of amides is 1. The van der Waals surface area contributed by atoms with Crippen LogP contribution in [0.15, 0.2) is 12.4 Å². The van der Waals surface area contributed by atoms with E-state index < -0.39 is 0 Å². The van der Waals surface area contributed by atoms with E-state index in [4.69, 9.17) is 0 Å². The van der Waals surface area contributed by atoms with E-state index in [1.807, 2.05) is 6.92 Å². The molecule has 1 aromatic heterocycles. The highest BCUT2D eigenvalue weighted by molar-refractivity contribution is 5.92. The van der Waals surface area contributed by atoms with E-state index in [1.165, 1.54) is 31.9 Å².